The van der Waals surface area contributed by atoms with E-state index in [2.05, 4.69) is 20.8 Å². The van der Waals surface area contributed by atoms with Crippen molar-refractivity contribution in [3.05, 3.63) is 0 Å². The van der Waals surface area contributed by atoms with Crippen LogP contribution in [0.25, 0.3) is 0 Å². The van der Waals surface area contributed by atoms with Crippen LogP contribution in [0, 0.1) is 28.6 Å². The normalized spacial score (nSPS) is 45.2. The summed E-state index contributed by atoms with van der Waals surface area (Å²) in [5.41, 5.74) is 0.757. The van der Waals surface area contributed by atoms with Gasteiger partial charge in [0.25, 0.3) is 0 Å². The van der Waals surface area contributed by atoms with Crippen molar-refractivity contribution in [2.24, 2.45) is 28.6 Å². The van der Waals surface area contributed by atoms with Crippen molar-refractivity contribution in [1.82, 2.24) is 0 Å². The summed E-state index contributed by atoms with van der Waals surface area (Å²) in [7, 11) is 0. The zero-order chi connectivity index (χ0) is 12.0. The van der Waals surface area contributed by atoms with Gasteiger partial charge < -0.3 is 10.2 Å². The molecule has 16 heavy (non-hydrogen) atoms. The third-order valence-electron chi connectivity index (χ3n) is 6.13. The van der Waals surface area contributed by atoms with E-state index in [9.17, 15) is 10.2 Å². The molecule has 4 unspecified atom stereocenters. The van der Waals surface area contributed by atoms with E-state index in [0.29, 0.717) is 35.9 Å². The van der Waals surface area contributed by atoms with Crippen LogP contribution in [0.3, 0.4) is 0 Å². The largest absolute Gasteiger partial charge is 0.396 e. The van der Waals surface area contributed by atoms with Crippen LogP contribution in [0.2, 0.25) is 0 Å². The number of aliphatic hydroxyl groups excluding tert-OH is 2. The average molecular weight is 226 g/mol. The molecule has 0 aromatic carbocycles. The van der Waals surface area contributed by atoms with Crippen LogP contribution in [0.5, 0.6) is 0 Å². The van der Waals surface area contributed by atoms with Crippen molar-refractivity contribution >= 4 is 0 Å². The second-order valence-electron chi connectivity index (χ2n) is 6.58. The topological polar surface area (TPSA) is 40.5 Å². The Balaban J connectivity index is 2.28. The predicted octanol–water partition coefficient (Wildman–Crippen LogP) is 2.44. The molecule has 0 aromatic heterocycles. The maximum absolute atomic E-state index is 9.26. The van der Waals surface area contributed by atoms with Gasteiger partial charge in [0, 0.05) is 13.2 Å². The van der Waals surface area contributed by atoms with Gasteiger partial charge in [-0.05, 0) is 54.3 Å². The van der Waals surface area contributed by atoms with E-state index in [4.69, 9.17) is 0 Å². The van der Waals surface area contributed by atoms with Crippen LogP contribution in [0.15, 0.2) is 0 Å². The van der Waals surface area contributed by atoms with Gasteiger partial charge in [-0.2, -0.15) is 0 Å². The zero-order valence-corrected chi connectivity index (χ0v) is 10.9. The Morgan fingerprint density at radius 3 is 2.25 bits per heavy atom. The minimum atomic E-state index is 0.297. The summed E-state index contributed by atoms with van der Waals surface area (Å²) in [6.07, 6.45) is 4.46. The maximum atomic E-state index is 9.26. The van der Waals surface area contributed by atoms with Crippen molar-refractivity contribution in [2.45, 2.75) is 46.5 Å². The summed E-state index contributed by atoms with van der Waals surface area (Å²) in [6, 6.07) is 0. The van der Waals surface area contributed by atoms with E-state index in [-0.39, 0.29) is 0 Å². The highest BCUT2D eigenvalue weighted by molar-refractivity contribution is 5.13. The number of aliphatic hydroxyl groups is 2. The zero-order valence-electron chi connectivity index (χ0n) is 10.9. The van der Waals surface area contributed by atoms with Crippen LogP contribution in [0.1, 0.15) is 46.5 Å². The van der Waals surface area contributed by atoms with Crippen LogP contribution >= 0.6 is 0 Å². The Morgan fingerprint density at radius 1 is 1.06 bits per heavy atom. The second kappa shape index (κ2) is 3.99. The molecule has 0 radical (unpaired) electrons. The van der Waals surface area contributed by atoms with Gasteiger partial charge in [0.15, 0.2) is 0 Å². The molecule has 0 aliphatic heterocycles. The highest BCUT2D eigenvalue weighted by atomic mass is 16.3. The van der Waals surface area contributed by atoms with E-state index in [0.717, 1.165) is 18.8 Å². The highest BCUT2D eigenvalue weighted by Gasteiger charge is 2.64. The maximum Gasteiger partial charge on any atom is 0.0433 e. The summed E-state index contributed by atoms with van der Waals surface area (Å²) >= 11 is 0. The molecule has 2 fully saturated rings. The molecule has 94 valence electrons. The van der Waals surface area contributed by atoms with Crippen molar-refractivity contribution in [3.63, 3.8) is 0 Å². The van der Waals surface area contributed by atoms with Gasteiger partial charge in [0.2, 0.25) is 0 Å². The fourth-order valence-corrected chi connectivity index (χ4v) is 4.95. The Bertz CT molecular complexity index is 261. The minimum Gasteiger partial charge on any atom is -0.396 e. The van der Waals surface area contributed by atoms with Gasteiger partial charge in [-0.15, -0.1) is 0 Å². The lowest BCUT2D eigenvalue weighted by atomic mass is 9.65. The first-order chi connectivity index (χ1) is 7.49. The summed E-state index contributed by atoms with van der Waals surface area (Å²) in [5.74, 6) is 1.99. The highest BCUT2D eigenvalue weighted by Crippen LogP contribution is 2.71. The average Bonchev–Trinajstić information content (AvgIpc) is 2.52. The number of hydrogen-bond donors (Lipinski definition) is 2. The molecular formula is C14H26O2. The van der Waals surface area contributed by atoms with Gasteiger partial charge in [0.05, 0.1) is 0 Å². The number of hydrogen-bond acceptors (Lipinski definition) is 2. The molecule has 0 saturated heterocycles. The van der Waals surface area contributed by atoms with Gasteiger partial charge >= 0.3 is 0 Å². The van der Waals surface area contributed by atoms with E-state index in [1.54, 1.807) is 0 Å². The van der Waals surface area contributed by atoms with Crippen LogP contribution in [0.4, 0.5) is 0 Å². The molecule has 2 bridgehead atoms. The first kappa shape index (κ1) is 12.4. The van der Waals surface area contributed by atoms with Gasteiger partial charge in [-0.25, -0.2) is 0 Å². The number of rotatable bonds is 4. The molecule has 2 saturated carbocycles. The molecule has 0 heterocycles. The molecule has 2 heteroatoms. The third-order valence-corrected chi connectivity index (χ3v) is 6.13. The molecule has 2 aliphatic rings. The summed E-state index contributed by atoms with van der Waals surface area (Å²) in [6.45, 7) is 7.80. The lowest BCUT2D eigenvalue weighted by Crippen LogP contribution is -2.34. The fraction of sp³-hybridized carbons (Fsp3) is 1.00. The van der Waals surface area contributed by atoms with Crippen molar-refractivity contribution in [1.29, 1.82) is 0 Å². The minimum absolute atomic E-state index is 0.297. The lowest BCUT2D eigenvalue weighted by Gasteiger charge is -2.40. The van der Waals surface area contributed by atoms with E-state index >= 15 is 0 Å². The monoisotopic (exact) mass is 226 g/mol. The Hall–Kier alpha value is -0.0800. The van der Waals surface area contributed by atoms with Gasteiger partial charge in [-0.1, -0.05) is 20.8 Å². The standard InChI is InChI=1S/C14H26O2/c1-13(2)11-4-7-14(13,3)12(6-9-16)10(11)5-8-15/h10-12,15-16H,4-9H2,1-3H3. The molecular weight excluding hydrogens is 200 g/mol. The molecule has 0 amide bonds. The number of fused-ring (bicyclic) bond motifs is 2. The molecule has 2 aliphatic carbocycles. The van der Waals surface area contributed by atoms with Crippen LogP contribution in [-0.2, 0) is 0 Å². The van der Waals surface area contributed by atoms with Crippen molar-refractivity contribution in [3.8, 4) is 0 Å². The smallest absolute Gasteiger partial charge is 0.0433 e. The molecule has 2 rings (SSSR count). The predicted molar refractivity (Wildman–Crippen MR) is 65.0 cm³/mol. The lowest BCUT2D eigenvalue weighted by molar-refractivity contribution is 0.0661. The third kappa shape index (κ3) is 1.39. The summed E-state index contributed by atoms with van der Waals surface area (Å²) in [5, 5.41) is 18.5. The van der Waals surface area contributed by atoms with Crippen molar-refractivity contribution < 1.29 is 10.2 Å². The fourth-order valence-electron chi connectivity index (χ4n) is 4.95. The van der Waals surface area contributed by atoms with E-state index in [1.807, 2.05) is 0 Å². The molecule has 2 N–H and O–H groups in total. The summed E-state index contributed by atoms with van der Waals surface area (Å²) in [4.78, 5) is 0. The van der Waals surface area contributed by atoms with Crippen LogP contribution < -0.4 is 0 Å². The Kier molecular flexibility index (Phi) is 3.09. The van der Waals surface area contributed by atoms with Crippen LogP contribution in [-0.4, -0.2) is 23.4 Å². The molecule has 0 spiro atoms. The summed E-state index contributed by atoms with van der Waals surface area (Å²) < 4.78 is 0. The Morgan fingerprint density at radius 2 is 1.69 bits per heavy atom. The SMILES string of the molecule is CC1(C)C2CCC1(C)C(CCO)C2CCO. The van der Waals surface area contributed by atoms with E-state index in [1.165, 1.54) is 12.8 Å². The quantitative estimate of drug-likeness (QED) is 0.773. The van der Waals surface area contributed by atoms with E-state index < -0.39 is 0 Å². The van der Waals surface area contributed by atoms with Gasteiger partial charge in [0.1, 0.15) is 0 Å². The molecule has 2 nitrogen and oxygen atoms in total. The molecule has 0 aromatic rings. The first-order valence-corrected chi connectivity index (χ1v) is 6.70. The Labute approximate surface area is 99.1 Å². The molecule has 4 atom stereocenters. The van der Waals surface area contributed by atoms with Crippen molar-refractivity contribution in [2.75, 3.05) is 13.2 Å². The second-order valence-corrected chi connectivity index (χ2v) is 6.58. The van der Waals surface area contributed by atoms with Gasteiger partial charge in [-0.3, -0.25) is 0 Å². The first-order valence-electron chi connectivity index (χ1n) is 6.70.